The highest BCUT2D eigenvalue weighted by Gasteiger charge is 2.29. The molecule has 0 atom stereocenters. The van der Waals surface area contributed by atoms with Crippen LogP contribution in [0.1, 0.15) is 24.1 Å². The van der Waals surface area contributed by atoms with Crippen molar-refractivity contribution in [1.82, 2.24) is 4.98 Å². The number of rotatable bonds is 3. The molecule has 0 aromatic carbocycles. The summed E-state index contributed by atoms with van der Waals surface area (Å²) in [5.41, 5.74) is 0. The molecule has 1 aliphatic rings. The second-order valence-corrected chi connectivity index (χ2v) is 4.73. The lowest BCUT2D eigenvalue weighted by atomic mass is 10.1. The fourth-order valence-corrected chi connectivity index (χ4v) is 2.43. The van der Waals surface area contributed by atoms with Crippen molar-refractivity contribution < 1.29 is 19.5 Å². The molecular formula is C11H10N2O4S. The Morgan fingerprint density at radius 3 is 2.67 bits per heavy atom. The van der Waals surface area contributed by atoms with Crippen LogP contribution in [0, 0.1) is 0 Å². The molecule has 0 saturated carbocycles. The molecule has 0 radical (unpaired) electrons. The number of piperidine rings is 1. The van der Waals surface area contributed by atoms with Crippen molar-refractivity contribution in [3.05, 3.63) is 17.2 Å². The molecule has 1 fully saturated rings. The van der Waals surface area contributed by atoms with Gasteiger partial charge in [0.05, 0.1) is 0 Å². The van der Waals surface area contributed by atoms with Crippen LogP contribution in [0.15, 0.2) is 12.3 Å². The first-order valence-electron chi connectivity index (χ1n) is 5.30. The Morgan fingerprint density at radius 2 is 2.06 bits per heavy atom. The summed E-state index contributed by atoms with van der Waals surface area (Å²) in [4.78, 5) is 39.3. The monoisotopic (exact) mass is 266 g/mol. The van der Waals surface area contributed by atoms with E-state index in [4.69, 9.17) is 5.11 Å². The summed E-state index contributed by atoms with van der Waals surface area (Å²) in [5, 5.41) is 8.79. The van der Waals surface area contributed by atoms with Gasteiger partial charge in [-0.2, -0.15) is 0 Å². The van der Waals surface area contributed by atoms with Crippen molar-refractivity contribution >= 4 is 40.3 Å². The average molecular weight is 266 g/mol. The second-order valence-electron chi connectivity index (χ2n) is 3.69. The first-order valence-corrected chi connectivity index (χ1v) is 6.12. The number of carboxylic acid groups (broad SMARTS) is 1. The molecule has 1 N–H and O–H groups in total. The number of carbonyl (C=O) groups excluding carboxylic acids is 2. The van der Waals surface area contributed by atoms with Gasteiger partial charge in [-0.15, -0.1) is 0 Å². The Hall–Kier alpha value is -2.02. The molecule has 0 unspecified atom stereocenters. The Balaban J connectivity index is 2.21. The minimum absolute atomic E-state index is 0.255. The molecule has 0 spiro atoms. The Kier molecular flexibility index (Phi) is 3.52. The molecule has 1 aromatic heterocycles. The van der Waals surface area contributed by atoms with E-state index in [1.165, 1.54) is 12.3 Å². The summed E-state index contributed by atoms with van der Waals surface area (Å²) in [6.07, 6.45) is 5.05. The molecule has 0 aliphatic carbocycles. The van der Waals surface area contributed by atoms with E-state index in [1.54, 1.807) is 0 Å². The number of hydrogen-bond acceptors (Lipinski definition) is 5. The van der Waals surface area contributed by atoms with Gasteiger partial charge in [0.25, 0.3) is 0 Å². The van der Waals surface area contributed by atoms with Crippen LogP contribution < -0.4 is 4.90 Å². The zero-order valence-electron chi connectivity index (χ0n) is 9.33. The average Bonchev–Trinajstić information content (AvgIpc) is 2.75. The number of carboxylic acids is 1. The molecule has 2 amide bonds. The Bertz CT molecular complexity index is 519. The van der Waals surface area contributed by atoms with Crippen LogP contribution in [0.2, 0.25) is 0 Å². The van der Waals surface area contributed by atoms with E-state index in [1.807, 2.05) is 0 Å². The Labute approximate surface area is 107 Å². The number of thiazole rings is 1. The maximum atomic E-state index is 11.6. The van der Waals surface area contributed by atoms with Gasteiger partial charge in [0.2, 0.25) is 11.8 Å². The van der Waals surface area contributed by atoms with Crippen LogP contribution in [0.4, 0.5) is 5.13 Å². The van der Waals surface area contributed by atoms with Gasteiger partial charge in [-0.05, 0) is 12.5 Å². The summed E-state index contributed by atoms with van der Waals surface area (Å²) in [7, 11) is 0. The number of carbonyl (C=O) groups is 3. The molecular weight excluding hydrogens is 256 g/mol. The number of amides is 2. The van der Waals surface area contributed by atoms with Crippen LogP contribution in [-0.2, 0) is 14.4 Å². The van der Waals surface area contributed by atoms with E-state index in [0.29, 0.717) is 29.3 Å². The molecule has 18 heavy (non-hydrogen) atoms. The number of nitrogens with zero attached hydrogens (tertiary/aromatic N) is 2. The lowest BCUT2D eigenvalue weighted by Gasteiger charge is -2.21. The molecule has 2 rings (SSSR count). The standard InChI is InChI=1S/C11H10N2O4S/c14-8-2-1-3-9(15)13(8)11-12-6-7(18-11)4-5-10(16)17/h4-6H,1-3H2,(H,16,17). The highest BCUT2D eigenvalue weighted by atomic mass is 32.1. The van der Waals surface area contributed by atoms with Crippen molar-refractivity contribution in [3.63, 3.8) is 0 Å². The second kappa shape index (κ2) is 5.09. The van der Waals surface area contributed by atoms with Crippen LogP contribution in [0.3, 0.4) is 0 Å². The number of aromatic nitrogens is 1. The van der Waals surface area contributed by atoms with E-state index in [9.17, 15) is 14.4 Å². The minimum atomic E-state index is -1.06. The zero-order chi connectivity index (χ0) is 13.1. The van der Waals surface area contributed by atoms with Gasteiger partial charge in [0.15, 0.2) is 5.13 Å². The first kappa shape index (κ1) is 12.4. The van der Waals surface area contributed by atoms with Crippen molar-refractivity contribution in [3.8, 4) is 0 Å². The fourth-order valence-electron chi connectivity index (χ4n) is 1.58. The first-order chi connectivity index (χ1) is 8.58. The van der Waals surface area contributed by atoms with E-state index < -0.39 is 5.97 Å². The SMILES string of the molecule is O=C(O)C=Cc1cnc(N2C(=O)CCCC2=O)s1. The van der Waals surface area contributed by atoms with E-state index in [2.05, 4.69) is 4.98 Å². The quantitative estimate of drug-likeness (QED) is 0.657. The van der Waals surface area contributed by atoms with Gasteiger partial charge in [-0.3, -0.25) is 9.59 Å². The van der Waals surface area contributed by atoms with Crippen LogP contribution in [-0.4, -0.2) is 27.9 Å². The largest absolute Gasteiger partial charge is 0.478 e. The van der Waals surface area contributed by atoms with E-state index in [-0.39, 0.29) is 11.8 Å². The topological polar surface area (TPSA) is 87.6 Å². The third-order valence-corrected chi connectivity index (χ3v) is 3.32. The highest BCUT2D eigenvalue weighted by Crippen LogP contribution is 2.27. The van der Waals surface area contributed by atoms with Crippen molar-refractivity contribution in [2.45, 2.75) is 19.3 Å². The molecule has 94 valence electrons. The van der Waals surface area contributed by atoms with Gasteiger partial charge in [-0.1, -0.05) is 11.3 Å². The lowest BCUT2D eigenvalue weighted by Crippen LogP contribution is -2.40. The van der Waals surface area contributed by atoms with Crippen LogP contribution in [0.5, 0.6) is 0 Å². The molecule has 7 heteroatoms. The number of imide groups is 1. The zero-order valence-corrected chi connectivity index (χ0v) is 10.1. The van der Waals surface area contributed by atoms with Crippen molar-refractivity contribution in [2.75, 3.05) is 4.90 Å². The molecule has 1 aliphatic heterocycles. The van der Waals surface area contributed by atoms with Gasteiger partial charge in [-0.25, -0.2) is 14.7 Å². The number of aliphatic carboxylic acids is 1. The maximum Gasteiger partial charge on any atom is 0.328 e. The predicted octanol–water partition coefficient (Wildman–Crippen LogP) is 1.28. The predicted molar refractivity (Wildman–Crippen MR) is 65.1 cm³/mol. The van der Waals surface area contributed by atoms with E-state index >= 15 is 0 Å². The van der Waals surface area contributed by atoms with Crippen LogP contribution >= 0.6 is 11.3 Å². The summed E-state index contributed by atoms with van der Waals surface area (Å²) >= 11 is 1.11. The third kappa shape index (κ3) is 2.62. The lowest BCUT2D eigenvalue weighted by molar-refractivity contribution is -0.131. The van der Waals surface area contributed by atoms with Crippen LogP contribution in [0.25, 0.3) is 6.08 Å². The maximum absolute atomic E-state index is 11.6. The molecule has 6 nitrogen and oxygen atoms in total. The van der Waals surface area contributed by atoms with Gasteiger partial charge in [0, 0.05) is 30.0 Å². The third-order valence-electron chi connectivity index (χ3n) is 2.37. The normalized spacial score (nSPS) is 16.6. The summed E-state index contributed by atoms with van der Waals surface area (Å²) in [6, 6.07) is 0. The molecule has 0 bridgehead atoms. The molecule has 1 saturated heterocycles. The smallest absolute Gasteiger partial charge is 0.328 e. The van der Waals surface area contributed by atoms with Gasteiger partial charge in [0.1, 0.15) is 0 Å². The van der Waals surface area contributed by atoms with E-state index in [0.717, 1.165) is 22.3 Å². The van der Waals surface area contributed by atoms with Gasteiger partial charge >= 0.3 is 5.97 Å². The summed E-state index contributed by atoms with van der Waals surface area (Å²) in [5.74, 6) is -1.57. The van der Waals surface area contributed by atoms with Crippen molar-refractivity contribution in [1.29, 1.82) is 0 Å². The van der Waals surface area contributed by atoms with Gasteiger partial charge < -0.3 is 5.11 Å². The highest BCUT2D eigenvalue weighted by molar-refractivity contribution is 7.16. The summed E-state index contributed by atoms with van der Waals surface area (Å²) < 4.78 is 0. The Morgan fingerprint density at radius 1 is 1.39 bits per heavy atom. The summed E-state index contributed by atoms with van der Waals surface area (Å²) in [6.45, 7) is 0. The minimum Gasteiger partial charge on any atom is -0.478 e. The number of hydrogen-bond donors (Lipinski definition) is 1. The number of anilines is 1. The molecule has 1 aromatic rings. The fraction of sp³-hybridized carbons (Fsp3) is 0.273. The van der Waals surface area contributed by atoms with Crippen molar-refractivity contribution in [2.24, 2.45) is 0 Å². The molecule has 2 heterocycles.